The fourth-order valence-electron chi connectivity index (χ4n) is 1.58. The topological polar surface area (TPSA) is 52.1 Å². The molecule has 1 aromatic heterocycles. The lowest BCUT2D eigenvalue weighted by molar-refractivity contribution is 0.0982. The predicted octanol–water partition coefficient (Wildman–Crippen LogP) is 2.67. The Morgan fingerprint density at radius 3 is 2.72 bits per heavy atom. The highest BCUT2D eigenvalue weighted by atomic mass is 79.9. The molecule has 1 aromatic carbocycles. The van der Waals surface area contributed by atoms with E-state index in [0.717, 1.165) is 10.0 Å². The average molecular weight is 307 g/mol. The Morgan fingerprint density at radius 2 is 2.06 bits per heavy atom. The largest absolute Gasteiger partial charge is 0.496 e. The maximum absolute atomic E-state index is 12.0. The van der Waals surface area contributed by atoms with Gasteiger partial charge in [0.1, 0.15) is 5.75 Å². The Morgan fingerprint density at radius 1 is 1.33 bits per heavy atom. The van der Waals surface area contributed by atoms with E-state index in [1.165, 1.54) is 0 Å². The number of rotatable bonds is 4. The van der Waals surface area contributed by atoms with E-state index in [4.69, 9.17) is 4.74 Å². The van der Waals surface area contributed by atoms with Crippen LogP contribution in [0.5, 0.6) is 5.75 Å². The molecule has 5 heteroatoms. The van der Waals surface area contributed by atoms with Crippen molar-refractivity contribution in [2.75, 3.05) is 7.11 Å². The van der Waals surface area contributed by atoms with Gasteiger partial charge in [0.25, 0.3) is 0 Å². The molecule has 0 amide bonds. The summed E-state index contributed by atoms with van der Waals surface area (Å²) in [7, 11) is 1.58. The minimum atomic E-state index is -0.132. The monoisotopic (exact) mass is 306 g/mol. The molecule has 0 bridgehead atoms. The van der Waals surface area contributed by atoms with E-state index >= 15 is 0 Å². The zero-order valence-corrected chi connectivity index (χ0v) is 11.3. The van der Waals surface area contributed by atoms with Crippen LogP contribution in [-0.4, -0.2) is 22.9 Å². The first-order chi connectivity index (χ1) is 8.70. The standard InChI is InChI=1S/C13H11BrN2O2/c1-18-12-4-3-10(14)7-9(12)8-11(17)13-15-5-2-6-16-13/h2-7H,8H2,1H3. The van der Waals surface area contributed by atoms with Crippen molar-refractivity contribution in [3.8, 4) is 5.75 Å². The molecule has 0 radical (unpaired) electrons. The van der Waals surface area contributed by atoms with Crippen LogP contribution in [0, 0.1) is 0 Å². The Balaban J connectivity index is 2.24. The summed E-state index contributed by atoms with van der Waals surface area (Å²) in [6, 6.07) is 7.22. The van der Waals surface area contributed by atoms with Crippen molar-refractivity contribution >= 4 is 21.7 Å². The second-order valence-electron chi connectivity index (χ2n) is 3.63. The van der Waals surface area contributed by atoms with E-state index in [1.807, 2.05) is 18.2 Å². The third-order valence-corrected chi connectivity index (χ3v) is 2.90. The Bertz CT molecular complexity index is 558. The Kier molecular flexibility index (Phi) is 4.04. The molecule has 0 spiro atoms. The van der Waals surface area contributed by atoms with E-state index in [1.54, 1.807) is 25.6 Å². The number of ether oxygens (including phenoxy) is 1. The summed E-state index contributed by atoms with van der Waals surface area (Å²) >= 11 is 3.37. The van der Waals surface area contributed by atoms with Crippen molar-refractivity contribution in [1.29, 1.82) is 0 Å². The smallest absolute Gasteiger partial charge is 0.204 e. The lowest BCUT2D eigenvalue weighted by Gasteiger charge is -2.07. The van der Waals surface area contributed by atoms with E-state index in [0.29, 0.717) is 5.75 Å². The molecule has 0 aliphatic carbocycles. The van der Waals surface area contributed by atoms with Crippen LogP contribution in [0.25, 0.3) is 0 Å². The van der Waals surface area contributed by atoms with Crippen LogP contribution < -0.4 is 4.74 Å². The van der Waals surface area contributed by atoms with Gasteiger partial charge in [-0.15, -0.1) is 0 Å². The summed E-state index contributed by atoms with van der Waals surface area (Å²) in [5, 5.41) is 0. The third-order valence-electron chi connectivity index (χ3n) is 2.41. The minimum Gasteiger partial charge on any atom is -0.496 e. The molecule has 18 heavy (non-hydrogen) atoms. The number of nitrogens with zero attached hydrogens (tertiary/aromatic N) is 2. The van der Waals surface area contributed by atoms with Gasteiger partial charge < -0.3 is 4.74 Å². The molecule has 92 valence electrons. The Labute approximate surface area is 113 Å². The number of carbonyl (C=O) groups is 1. The molecule has 0 saturated carbocycles. The summed E-state index contributed by atoms with van der Waals surface area (Å²) < 4.78 is 6.13. The number of methoxy groups -OCH3 is 1. The van der Waals surface area contributed by atoms with Crippen LogP contribution in [0.3, 0.4) is 0 Å². The molecular weight excluding hydrogens is 296 g/mol. The zero-order valence-electron chi connectivity index (χ0n) is 9.76. The van der Waals surface area contributed by atoms with E-state index < -0.39 is 0 Å². The number of carbonyl (C=O) groups excluding carboxylic acids is 1. The second-order valence-corrected chi connectivity index (χ2v) is 4.54. The molecule has 0 aliphatic heterocycles. The van der Waals surface area contributed by atoms with E-state index in [-0.39, 0.29) is 18.0 Å². The molecule has 4 nitrogen and oxygen atoms in total. The molecular formula is C13H11BrN2O2. The maximum Gasteiger partial charge on any atom is 0.204 e. The van der Waals surface area contributed by atoms with Gasteiger partial charge in [0, 0.05) is 28.9 Å². The molecule has 0 unspecified atom stereocenters. The summed E-state index contributed by atoms with van der Waals surface area (Å²) in [6.07, 6.45) is 3.32. The fraction of sp³-hybridized carbons (Fsp3) is 0.154. The van der Waals surface area contributed by atoms with Crippen molar-refractivity contribution in [3.63, 3.8) is 0 Å². The first-order valence-electron chi connectivity index (χ1n) is 5.33. The zero-order chi connectivity index (χ0) is 13.0. The number of hydrogen-bond donors (Lipinski definition) is 0. The molecule has 0 aliphatic rings. The lowest BCUT2D eigenvalue weighted by atomic mass is 10.1. The van der Waals surface area contributed by atoms with Crippen molar-refractivity contribution in [2.24, 2.45) is 0 Å². The van der Waals surface area contributed by atoms with Crippen molar-refractivity contribution in [1.82, 2.24) is 9.97 Å². The van der Waals surface area contributed by atoms with Crippen LogP contribution in [0.2, 0.25) is 0 Å². The number of Topliss-reactive ketones (excluding diaryl/α,β-unsaturated/α-hetero) is 1. The average Bonchev–Trinajstić information content (AvgIpc) is 2.40. The highest BCUT2D eigenvalue weighted by Crippen LogP contribution is 2.23. The maximum atomic E-state index is 12.0. The molecule has 1 heterocycles. The Hall–Kier alpha value is -1.75. The number of benzene rings is 1. The third kappa shape index (κ3) is 2.92. The summed E-state index contributed by atoms with van der Waals surface area (Å²) in [5.74, 6) is 0.772. The molecule has 0 saturated heterocycles. The number of aromatic nitrogens is 2. The van der Waals surface area contributed by atoms with Gasteiger partial charge in [0.15, 0.2) is 5.82 Å². The summed E-state index contributed by atoms with van der Waals surface area (Å²) in [4.78, 5) is 19.9. The van der Waals surface area contributed by atoms with Crippen LogP contribution in [0.1, 0.15) is 16.2 Å². The number of halogens is 1. The molecule has 2 rings (SSSR count). The van der Waals surface area contributed by atoms with Gasteiger partial charge in [-0.1, -0.05) is 15.9 Å². The van der Waals surface area contributed by atoms with Gasteiger partial charge in [0.2, 0.25) is 5.78 Å². The predicted molar refractivity (Wildman–Crippen MR) is 70.8 cm³/mol. The normalized spacial score (nSPS) is 10.1. The van der Waals surface area contributed by atoms with Gasteiger partial charge in [-0.25, -0.2) is 9.97 Å². The molecule has 0 N–H and O–H groups in total. The van der Waals surface area contributed by atoms with Gasteiger partial charge in [-0.2, -0.15) is 0 Å². The lowest BCUT2D eigenvalue weighted by Crippen LogP contribution is -2.08. The summed E-state index contributed by atoms with van der Waals surface area (Å²) in [5.41, 5.74) is 0.810. The minimum absolute atomic E-state index is 0.132. The molecule has 0 atom stereocenters. The molecule has 0 fully saturated rings. The van der Waals surface area contributed by atoms with E-state index in [2.05, 4.69) is 25.9 Å². The van der Waals surface area contributed by atoms with Crippen molar-refractivity contribution in [3.05, 3.63) is 52.5 Å². The highest BCUT2D eigenvalue weighted by Gasteiger charge is 2.13. The number of ketones is 1. The number of hydrogen-bond acceptors (Lipinski definition) is 4. The van der Waals surface area contributed by atoms with Gasteiger partial charge >= 0.3 is 0 Å². The highest BCUT2D eigenvalue weighted by molar-refractivity contribution is 9.10. The van der Waals surface area contributed by atoms with Crippen molar-refractivity contribution in [2.45, 2.75) is 6.42 Å². The first-order valence-corrected chi connectivity index (χ1v) is 6.12. The second kappa shape index (κ2) is 5.73. The van der Waals surface area contributed by atoms with Gasteiger partial charge in [0.05, 0.1) is 7.11 Å². The van der Waals surface area contributed by atoms with Crippen LogP contribution >= 0.6 is 15.9 Å². The first kappa shape index (κ1) is 12.7. The van der Waals surface area contributed by atoms with Crippen molar-refractivity contribution < 1.29 is 9.53 Å². The van der Waals surface area contributed by atoms with Crippen LogP contribution in [0.4, 0.5) is 0 Å². The van der Waals surface area contributed by atoms with Crippen LogP contribution in [-0.2, 0) is 6.42 Å². The van der Waals surface area contributed by atoms with Gasteiger partial charge in [-0.3, -0.25) is 4.79 Å². The van der Waals surface area contributed by atoms with Crippen LogP contribution in [0.15, 0.2) is 41.1 Å². The molecule has 2 aromatic rings. The van der Waals surface area contributed by atoms with Gasteiger partial charge in [-0.05, 0) is 24.3 Å². The SMILES string of the molecule is COc1ccc(Br)cc1CC(=O)c1ncccn1. The van der Waals surface area contributed by atoms with E-state index in [9.17, 15) is 4.79 Å². The fourth-order valence-corrected chi connectivity index (χ4v) is 1.99. The quantitative estimate of drug-likeness (QED) is 0.815. The summed E-state index contributed by atoms with van der Waals surface area (Å²) in [6.45, 7) is 0.